The Bertz CT molecular complexity index is 209. The van der Waals surface area contributed by atoms with E-state index < -0.39 is 29.4 Å². The quantitative estimate of drug-likeness (QED) is 0.322. The van der Waals surface area contributed by atoms with Crippen molar-refractivity contribution in [2.45, 2.75) is 13.8 Å². The summed E-state index contributed by atoms with van der Waals surface area (Å²) in [7, 11) is 0. The van der Waals surface area contributed by atoms with E-state index in [0.717, 1.165) is 13.8 Å². The van der Waals surface area contributed by atoms with Gasteiger partial charge in [-0.3, -0.25) is 19.7 Å². The zero-order chi connectivity index (χ0) is 13.0. The van der Waals surface area contributed by atoms with Gasteiger partial charge in [-0.15, -0.1) is 0 Å². The fraction of sp³-hybridized carbons (Fsp3) is 0.500. The third-order valence-electron chi connectivity index (χ3n) is 0.264. The maximum atomic E-state index is 9.37. The molecule has 0 radical (unpaired) electrons. The van der Waals surface area contributed by atoms with E-state index in [1.54, 1.807) is 0 Å². The van der Waals surface area contributed by atoms with Gasteiger partial charge in [0.15, 0.2) is 0 Å². The number of nitrogens with zero attached hydrogens (tertiary/aromatic N) is 1. The summed E-state index contributed by atoms with van der Waals surface area (Å²) in [5.74, 6) is -3.08. The van der Waals surface area contributed by atoms with Gasteiger partial charge < -0.3 is 15.3 Å². The van der Waals surface area contributed by atoms with Crippen LogP contribution in [0.4, 0.5) is 0 Å². The van der Waals surface area contributed by atoms with Crippen LogP contribution in [0.3, 0.4) is 0 Å². The summed E-state index contributed by atoms with van der Waals surface area (Å²) in [6.07, 6.45) is 0. The Morgan fingerprint density at radius 2 is 1.25 bits per heavy atom. The third-order valence-corrected chi connectivity index (χ3v) is 0.264. The molecule has 0 atom stereocenters. The molecule has 0 spiro atoms. The Morgan fingerprint density at radius 1 is 1.06 bits per heavy atom. The second kappa shape index (κ2) is 16.9. The van der Waals surface area contributed by atoms with Crippen LogP contribution < -0.4 is 0 Å². The minimum atomic E-state index is -1.41. The van der Waals surface area contributed by atoms with E-state index in [1.165, 1.54) is 0 Å². The number of aliphatic carboxylic acids is 3. The molecule has 3 N–H and O–H groups in total. The van der Waals surface area contributed by atoms with Gasteiger partial charge in [-0.05, 0) is 0 Å². The molecule has 0 saturated carbocycles. The first-order valence-corrected chi connectivity index (χ1v) is 3.32. The predicted molar refractivity (Wildman–Crippen MR) is 53.3 cm³/mol. The van der Waals surface area contributed by atoms with Crippen molar-refractivity contribution in [3.8, 4) is 0 Å². The molecule has 0 heterocycles. The summed E-state index contributed by atoms with van der Waals surface area (Å²) in [5.41, 5.74) is 0. The SMILES string of the molecule is CC(=O)O.CC(=O)O.O=C(O)C[N+](=O)[O-].[KH]. The van der Waals surface area contributed by atoms with Gasteiger partial charge >= 0.3 is 57.4 Å². The van der Waals surface area contributed by atoms with E-state index in [1.807, 2.05) is 0 Å². The second-order valence-electron chi connectivity index (χ2n) is 1.92. The fourth-order valence-corrected chi connectivity index (χ4v) is 0.110. The van der Waals surface area contributed by atoms with E-state index >= 15 is 0 Å². The van der Waals surface area contributed by atoms with Crippen molar-refractivity contribution in [3.63, 3.8) is 0 Å². The zero-order valence-electron chi connectivity index (χ0n) is 8.04. The molecule has 0 unspecified atom stereocenters. The minimum absolute atomic E-state index is 0. The second-order valence-corrected chi connectivity index (χ2v) is 1.92. The maximum absolute atomic E-state index is 9.37. The Labute approximate surface area is 133 Å². The Kier molecular flexibility index (Phi) is 25.9. The van der Waals surface area contributed by atoms with Gasteiger partial charge in [-0.1, -0.05) is 0 Å². The van der Waals surface area contributed by atoms with Gasteiger partial charge in [0.1, 0.15) is 0 Å². The van der Waals surface area contributed by atoms with E-state index in [9.17, 15) is 14.9 Å². The molecule has 0 saturated heterocycles. The van der Waals surface area contributed by atoms with Crippen LogP contribution in [0, 0.1) is 10.1 Å². The van der Waals surface area contributed by atoms with Gasteiger partial charge in [0.05, 0.1) is 0 Å². The number of hydrogen-bond acceptors (Lipinski definition) is 5. The first-order chi connectivity index (χ1) is 6.59. The number of rotatable bonds is 2. The van der Waals surface area contributed by atoms with Gasteiger partial charge in [0, 0.05) is 18.8 Å². The predicted octanol–water partition coefficient (Wildman–Crippen LogP) is -1.12. The summed E-state index contributed by atoms with van der Waals surface area (Å²) in [5, 5.41) is 31.7. The van der Waals surface area contributed by atoms with E-state index in [-0.39, 0.29) is 51.4 Å². The van der Waals surface area contributed by atoms with Gasteiger partial charge in [-0.25, -0.2) is 4.79 Å². The van der Waals surface area contributed by atoms with Gasteiger partial charge in [0.2, 0.25) is 0 Å². The Morgan fingerprint density at radius 3 is 1.25 bits per heavy atom. The normalized spacial score (nSPS) is 6.62. The molecule has 0 bridgehead atoms. The molecule has 10 heteroatoms. The van der Waals surface area contributed by atoms with Crippen LogP contribution in [0.1, 0.15) is 13.8 Å². The summed E-state index contributed by atoms with van der Waals surface area (Å²) < 4.78 is 0. The van der Waals surface area contributed by atoms with Crippen LogP contribution in [-0.4, -0.2) is 96.1 Å². The number of carboxylic acids is 3. The number of hydrogen-bond donors (Lipinski definition) is 3. The molecule has 0 fully saturated rings. The summed E-state index contributed by atoms with van der Waals surface area (Å²) >= 11 is 0. The molecular weight excluding hydrogens is 253 g/mol. The average Bonchev–Trinajstić information content (AvgIpc) is 1.78. The first kappa shape index (κ1) is 24.6. The van der Waals surface area contributed by atoms with Crippen molar-refractivity contribution < 1.29 is 34.6 Å². The summed E-state index contributed by atoms with van der Waals surface area (Å²) in [4.78, 5) is 35.7. The number of carboxylic acid groups (broad SMARTS) is 3. The molecule has 0 aliphatic rings. The van der Waals surface area contributed by atoms with Crippen molar-refractivity contribution in [2.75, 3.05) is 6.54 Å². The molecule has 16 heavy (non-hydrogen) atoms. The molecule has 0 rings (SSSR count). The Balaban J connectivity index is -0.0000000700. The standard InChI is InChI=1S/C2H3NO4.2C2H4O2.K.H/c4-2(5)1-3(6)7;2*1-2(3)4;;/h1H2,(H,4,5);2*1H3,(H,3,4);;. The summed E-state index contributed by atoms with van der Waals surface area (Å²) in [6, 6.07) is 0. The van der Waals surface area contributed by atoms with Crippen LogP contribution in [0.2, 0.25) is 0 Å². The molecule has 9 nitrogen and oxygen atoms in total. The van der Waals surface area contributed by atoms with Crippen LogP contribution in [0.15, 0.2) is 0 Å². The molecule has 0 aromatic carbocycles. The molecule has 0 aliphatic heterocycles. The van der Waals surface area contributed by atoms with Crippen LogP contribution in [0.5, 0.6) is 0 Å². The molecule has 0 aromatic heterocycles. The molecule has 90 valence electrons. The monoisotopic (exact) mass is 265 g/mol. The van der Waals surface area contributed by atoms with Crippen molar-refractivity contribution in [3.05, 3.63) is 10.1 Å². The van der Waals surface area contributed by atoms with Crippen LogP contribution in [-0.2, 0) is 14.4 Å². The van der Waals surface area contributed by atoms with Crippen molar-refractivity contribution in [2.24, 2.45) is 0 Å². The van der Waals surface area contributed by atoms with Gasteiger partial charge in [-0.2, -0.15) is 0 Å². The van der Waals surface area contributed by atoms with Crippen molar-refractivity contribution in [1.29, 1.82) is 0 Å². The third kappa shape index (κ3) is 175. The number of carbonyl (C=O) groups is 3. The summed E-state index contributed by atoms with van der Waals surface area (Å²) in [6.45, 7) is 1.17. The van der Waals surface area contributed by atoms with E-state index in [0.29, 0.717) is 0 Å². The fourth-order valence-electron chi connectivity index (χ4n) is 0.110. The molecule has 0 aromatic rings. The molecule has 0 amide bonds. The van der Waals surface area contributed by atoms with Crippen LogP contribution in [0.25, 0.3) is 0 Å². The topological polar surface area (TPSA) is 155 Å². The average molecular weight is 265 g/mol. The first-order valence-electron chi connectivity index (χ1n) is 3.32. The van der Waals surface area contributed by atoms with Crippen LogP contribution >= 0.6 is 0 Å². The van der Waals surface area contributed by atoms with Crippen molar-refractivity contribution >= 4 is 69.3 Å². The van der Waals surface area contributed by atoms with E-state index in [2.05, 4.69) is 0 Å². The van der Waals surface area contributed by atoms with Crippen molar-refractivity contribution in [1.82, 2.24) is 0 Å². The molecular formula is C6H12KNO8. The zero-order valence-corrected chi connectivity index (χ0v) is 8.04. The molecule has 0 aliphatic carbocycles. The van der Waals surface area contributed by atoms with E-state index in [4.69, 9.17) is 24.9 Å². The van der Waals surface area contributed by atoms with Gasteiger partial charge in [0.25, 0.3) is 18.5 Å². The number of nitro groups is 1. The Hall–Kier alpha value is -0.554.